The van der Waals surface area contributed by atoms with Crippen molar-refractivity contribution in [1.29, 1.82) is 0 Å². The zero-order chi connectivity index (χ0) is 19.2. The normalized spacial score (nSPS) is 11.1. The highest BCUT2D eigenvalue weighted by Gasteiger charge is 2.29. The van der Waals surface area contributed by atoms with Crippen LogP contribution in [0.4, 0.5) is 5.69 Å². The Morgan fingerprint density at radius 2 is 1.85 bits per heavy atom. The summed E-state index contributed by atoms with van der Waals surface area (Å²) in [4.78, 5) is 10.2. The maximum absolute atomic E-state index is 13.2. The van der Waals surface area contributed by atoms with E-state index in [1.807, 2.05) is 30.3 Å². The molecule has 2 N–H and O–H groups in total. The maximum atomic E-state index is 13.2. The number of methoxy groups -OCH3 is 1. The van der Waals surface area contributed by atoms with Crippen molar-refractivity contribution in [2.75, 3.05) is 20.2 Å². The summed E-state index contributed by atoms with van der Waals surface area (Å²) in [6, 6.07) is 12.6. The van der Waals surface area contributed by atoms with Crippen molar-refractivity contribution in [3.63, 3.8) is 0 Å². The van der Waals surface area contributed by atoms with Gasteiger partial charge in [-0.2, -0.15) is 4.31 Å². The van der Waals surface area contributed by atoms with Crippen LogP contribution >= 0.6 is 12.4 Å². The Kier molecular flexibility index (Phi) is 8.64. The number of nitrogens with zero attached hydrogens (tertiary/aromatic N) is 2. The Morgan fingerprint density at radius 3 is 2.41 bits per heavy atom. The van der Waals surface area contributed by atoms with Gasteiger partial charge < -0.3 is 10.5 Å². The molecule has 0 aliphatic rings. The third kappa shape index (κ3) is 5.64. The molecule has 0 amide bonds. The van der Waals surface area contributed by atoms with Crippen LogP contribution in [0.1, 0.15) is 12.0 Å². The van der Waals surface area contributed by atoms with E-state index in [0.29, 0.717) is 13.0 Å². The molecule has 0 radical (unpaired) electrons. The van der Waals surface area contributed by atoms with E-state index >= 15 is 0 Å². The van der Waals surface area contributed by atoms with E-state index in [0.717, 1.165) is 11.6 Å². The lowest BCUT2D eigenvalue weighted by atomic mass is 10.2. The molecule has 2 aromatic rings. The number of sulfonamides is 1. The quantitative estimate of drug-likeness (QED) is 0.497. The Labute approximate surface area is 164 Å². The fourth-order valence-corrected chi connectivity index (χ4v) is 4.10. The predicted molar refractivity (Wildman–Crippen MR) is 105 cm³/mol. The Bertz CT molecular complexity index is 862. The van der Waals surface area contributed by atoms with E-state index in [1.165, 1.54) is 23.5 Å². The summed E-state index contributed by atoms with van der Waals surface area (Å²) >= 11 is 0. The van der Waals surface area contributed by atoms with Crippen LogP contribution in [-0.4, -0.2) is 37.8 Å². The summed E-state index contributed by atoms with van der Waals surface area (Å²) in [7, 11) is -2.70. The maximum Gasteiger partial charge on any atom is 0.271 e. The Hall–Kier alpha value is -2.20. The molecule has 148 valence electrons. The largest absolute Gasteiger partial charge is 0.495 e. The molecule has 0 aliphatic carbocycles. The molecule has 0 saturated heterocycles. The van der Waals surface area contributed by atoms with E-state index in [4.69, 9.17) is 10.5 Å². The molecular formula is C17H22ClN3O5S. The second kappa shape index (κ2) is 10.2. The number of nitrogens with two attached hydrogens (primary N) is 1. The fraction of sp³-hybridized carbons (Fsp3) is 0.294. The first kappa shape index (κ1) is 22.8. The number of rotatable bonds is 9. The smallest absolute Gasteiger partial charge is 0.271 e. The lowest BCUT2D eigenvalue weighted by Crippen LogP contribution is -2.33. The fourth-order valence-electron chi connectivity index (χ4n) is 2.46. The lowest BCUT2D eigenvalue weighted by Gasteiger charge is -2.23. The highest BCUT2D eigenvalue weighted by molar-refractivity contribution is 7.89. The average Bonchev–Trinajstić information content (AvgIpc) is 2.65. The SMILES string of the molecule is COc1ccc([N+](=O)[O-])cc1S(=O)(=O)N(CCCN)Cc1ccccc1.Cl. The number of nitro benzene ring substituents is 1. The van der Waals surface area contributed by atoms with Gasteiger partial charge in [0.1, 0.15) is 10.6 Å². The van der Waals surface area contributed by atoms with Gasteiger partial charge >= 0.3 is 0 Å². The molecule has 2 rings (SSSR count). The first-order valence-electron chi connectivity index (χ1n) is 7.96. The van der Waals surface area contributed by atoms with Crippen molar-refractivity contribution in [2.45, 2.75) is 17.9 Å². The summed E-state index contributed by atoms with van der Waals surface area (Å²) in [5.74, 6) is 0.0569. The molecule has 0 aromatic heterocycles. The first-order valence-corrected chi connectivity index (χ1v) is 9.40. The minimum atomic E-state index is -4.02. The van der Waals surface area contributed by atoms with Crippen LogP contribution in [0.15, 0.2) is 53.4 Å². The van der Waals surface area contributed by atoms with Gasteiger partial charge in [-0.3, -0.25) is 10.1 Å². The van der Waals surface area contributed by atoms with Gasteiger partial charge in [-0.15, -0.1) is 12.4 Å². The lowest BCUT2D eigenvalue weighted by molar-refractivity contribution is -0.385. The van der Waals surface area contributed by atoms with Gasteiger partial charge in [0.05, 0.1) is 12.0 Å². The van der Waals surface area contributed by atoms with Crippen molar-refractivity contribution < 1.29 is 18.1 Å². The van der Waals surface area contributed by atoms with Gasteiger partial charge in [-0.1, -0.05) is 30.3 Å². The van der Waals surface area contributed by atoms with E-state index in [-0.39, 0.29) is 41.8 Å². The Morgan fingerprint density at radius 1 is 1.19 bits per heavy atom. The molecule has 0 atom stereocenters. The van der Waals surface area contributed by atoms with Gasteiger partial charge in [0, 0.05) is 25.2 Å². The van der Waals surface area contributed by atoms with Crippen LogP contribution in [0.3, 0.4) is 0 Å². The van der Waals surface area contributed by atoms with Crippen molar-refractivity contribution in [1.82, 2.24) is 4.31 Å². The predicted octanol–water partition coefficient (Wildman–Crippen LogP) is 2.56. The minimum absolute atomic E-state index is 0. The average molecular weight is 416 g/mol. The molecule has 2 aromatic carbocycles. The molecule has 0 saturated carbocycles. The summed E-state index contributed by atoms with van der Waals surface area (Å²) in [5.41, 5.74) is 6.02. The number of benzene rings is 2. The molecule has 0 aliphatic heterocycles. The van der Waals surface area contributed by atoms with Gasteiger partial charge in [0.25, 0.3) is 5.69 Å². The third-order valence-electron chi connectivity index (χ3n) is 3.79. The van der Waals surface area contributed by atoms with E-state index < -0.39 is 14.9 Å². The summed E-state index contributed by atoms with van der Waals surface area (Å²) in [6.07, 6.45) is 0.462. The second-order valence-corrected chi connectivity index (χ2v) is 7.47. The van der Waals surface area contributed by atoms with Gasteiger partial charge in [-0.05, 0) is 24.6 Å². The summed E-state index contributed by atoms with van der Waals surface area (Å²) in [6.45, 7) is 0.654. The van der Waals surface area contributed by atoms with Crippen molar-refractivity contribution in [2.24, 2.45) is 5.73 Å². The van der Waals surface area contributed by atoms with Crippen molar-refractivity contribution in [3.05, 3.63) is 64.2 Å². The zero-order valence-corrected chi connectivity index (χ0v) is 16.4. The number of nitro groups is 1. The minimum Gasteiger partial charge on any atom is -0.495 e. The molecule has 0 heterocycles. The molecule has 10 heteroatoms. The van der Waals surface area contributed by atoms with E-state index in [2.05, 4.69) is 0 Å². The van der Waals surface area contributed by atoms with Gasteiger partial charge in [0.2, 0.25) is 10.0 Å². The molecular weight excluding hydrogens is 394 g/mol. The summed E-state index contributed by atoms with van der Waals surface area (Å²) in [5, 5.41) is 11.1. The zero-order valence-electron chi connectivity index (χ0n) is 14.8. The molecule has 0 bridgehead atoms. The van der Waals surface area contributed by atoms with Crippen LogP contribution in [0.5, 0.6) is 5.75 Å². The van der Waals surface area contributed by atoms with Gasteiger partial charge in [0.15, 0.2) is 0 Å². The summed E-state index contributed by atoms with van der Waals surface area (Å²) < 4.78 is 32.7. The molecule has 0 fully saturated rings. The van der Waals surface area contributed by atoms with Crippen molar-refractivity contribution >= 4 is 28.1 Å². The number of halogens is 1. The van der Waals surface area contributed by atoms with Crippen LogP contribution in [0.25, 0.3) is 0 Å². The number of ether oxygens (including phenoxy) is 1. The van der Waals surface area contributed by atoms with Crippen molar-refractivity contribution in [3.8, 4) is 5.75 Å². The van der Waals surface area contributed by atoms with E-state index in [1.54, 1.807) is 0 Å². The first-order chi connectivity index (χ1) is 12.4. The van der Waals surface area contributed by atoms with Crippen LogP contribution in [0, 0.1) is 10.1 Å². The highest BCUT2D eigenvalue weighted by Crippen LogP contribution is 2.31. The molecule has 8 nitrogen and oxygen atoms in total. The highest BCUT2D eigenvalue weighted by atomic mass is 35.5. The second-order valence-electron chi connectivity index (χ2n) is 5.56. The molecule has 27 heavy (non-hydrogen) atoms. The topological polar surface area (TPSA) is 116 Å². The number of non-ortho nitro benzene ring substituents is 1. The van der Waals surface area contributed by atoms with Gasteiger partial charge in [-0.25, -0.2) is 8.42 Å². The monoisotopic (exact) mass is 415 g/mol. The van der Waals surface area contributed by atoms with Crippen LogP contribution in [0.2, 0.25) is 0 Å². The van der Waals surface area contributed by atoms with Crippen LogP contribution < -0.4 is 10.5 Å². The number of hydrogen-bond donors (Lipinski definition) is 1. The standard InChI is InChI=1S/C17H21N3O5S.ClH/c1-25-16-9-8-15(20(21)22)12-17(16)26(23,24)19(11-5-10-18)13-14-6-3-2-4-7-14;/h2-4,6-9,12H,5,10-11,13,18H2,1H3;1H. The molecule has 0 spiro atoms. The number of hydrogen-bond acceptors (Lipinski definition) is 6. The Balaban J connectivity index is 0.00000364. The molecule has 0 unspecified atom stereocenters. The third-order valence-corrected chi connectivity index (χ3v) is 5.66. The van der Waals surface area contributed by atoms with Crippen LogP contribution in [-0.2, 0) is 16.6 Å². The van der Waals surface area contributed by atoms with E-state index in [9.17, 15) is 18.5 Å².